The molecule has 19 heavy (non-hydrogen) atoms. The number of nitrogens with zero attached hydrogens (tertiary/aromatic N) is 2. The molecule has 0 spiro atoms. The number of nitrogens with two attached hydrogens (primary N) is 1. The fourth-order valence-electron chi connectivity index (χ4n) is 2.52. The zero-order valence-electron chi connectivity index (χ0n) is 11.7. The molecule has 0 bridgehead atoms. The molecule has 1 saturated heterocycles. The molecule has 1 amide bonds. The Morgan fingerprint density at radius 3 is 2.79 bits per heavy atom. The Hall–Kier alpha value is -1.91. The van der Waals surface area contributed by atoms with Crippen LogP contribution in [0.2, 0.25) is 0 Å². The van der Waals surface area contributed by atoms with Gasteiger partial charge in [0.1, 0.15) is 11.8 Å². The maximum Gasteiger partial charge on any atom is 0.244 e. The van der Waals surface area contributed by atoms with Crippen LogP contribution in [0.3, 0.4) is 0 Å². The highest BCUT2D eigenvalue weighted by Crippen LogP contribution is 2.31. The molecule has 1 heterocycles. The first kappa shape index (κ1) is 13.5. The van der Waals surface area contributed by atoms with Gasteiger partial charge in [0.15, 0.2) is 0 Å². The van der Waals surface area contributed by atoms with Gasteiger partial charge in [0, 0.05) is 44.1 Å². The summed E-state index contributed by atoms with van der Waals surface area (Å²) in [4.78, 5) is 15.9. The van der Waals surface area contributed by atoms with Crippen molar-refractivity contribution in [2.45, 2.75) is 18.9 Å². The van der Waals surface area contributed by atoms with Crippen LogP contribution in [0.1, 0.15) is 12.8 Å². The van der Waals surface area contributed by atoms with E-state index in [0.29, 0.717) is 5.69 Å². The second kappa shape index (κ2) is 5.38. The second-order valence-corrected chi connectivity index (χ2v) is 5.05. The van der Waals surface area contributed by atoms with Crippen molar-refractivity contribution < 1.29 is 9.53 Å². The predicted molar refractivity (Wildman–Crippen MR) is 76.5 cm³/mol. The Balaban J connectivity index is 2.29. The molecule has 1 atom stereocenters. The lowest BCUT2D eigenvalue weighted by Crippen LogP contribution is -2.42. The van der Waals surface area contributed by atoms with Crippen LogP contribution in [0.15, 0.2) is 18.2 Å². The van der Waals surface area contributed by atoms with Crippen molar-refractivity contribution in [1.29, 1.82) is 0 Å². The molecule has 1 fully saturated rings. The first-order valence-corrected chi connectivity index (χ1v) is 6.45. The van der Waals surface area contributed by atoms with Gasteiger partial charge < -0.3 is 20.3 Å². The number of nitrogen functional groups attached to an aromatic ring is 1. The minimum absolute atomic E-state index is 0.0958. The number of carbonyl (C=O) groups is 1. The van der Waals surface area contributed by atoms with Crippen molar-refractivity contribution in [3.63, 3.8) is 0 Å². The van der Waals surface area contributed by atoms with E-state index in [1.807, 2.05) is 12.1 Å². The molecule has 2 N–H and O–H groups in total. The number of amides is 1. The smallest absolute Gasteiger partial charge is 0.244 e. The van der Waals surface area contributed by atoms with E-state index in [2.05, 4.69) is 4.90 Å². The van der Waals surface area contributed by atoms with Crippen molar-refractivity contribution >= 4 is 17.3 Å². The van der Waals surface area contributed by atoms with Gasteiger partial charge in [-0.05, 0) is 18.9 Å². The molecule has 1 aliphatic heterocycles. The fourth-order valence-corrected chi connectivity index (χ4v) is 2.52. The molecule has 1 unspecified atom stereocenters. The van der Waals surface area contributed by atoms with E-state index in [1.54, 1.807) is 32.2 Å². The largest absolute Gasteiger partial charge is 0.497 e. The number of rotatable bonds is 3. The minimum Gasteiger partial charge on any atom is -0.497 e. The molecule has 104 valence electrons. The van der Waals surface area contributed by atoms with E-state index in [-0.39, 0.29) is 11.9 Å². The number of ether oxygens (including phenoxy) is 1. The lowest BCUT2D eigenvalue weighted by molar-refractivity contribution is -0.129. The summed E-state index contributed by atoms with van der Waals surface area (Å²) in [5, 5.41) is 0. The fraction of sp³-hybridized carbons (Fsp3) is 0.500. The summed E-state index contributed by atoms with van der Waals surface area (Å²) in [6.07, 6.45) is 1.90. The van der Waals surface area contributed by atoms with Crippen molar-refractivity contribution in [1.82, 2.24) is 4.90 Å². The topological polar surface area (TPSA) is 58.8 Å². The van der Waals surface area contributed by atoms with Gasteiger partial charge >= 0.3 is 0 Å². The van der Waals surface area contributed by atoms with Crippen molar-refractivity contribution in [3.8, 4) is 5.75 Å². The molecule has 2 rings (SSSR count). The first-order valence-electron chi connectivity index (χ1n) is 6.45. The molecule has 5 nitrogen and oxygen atoms in total. The SMILES string of the molecule is COc1cc(N)cc(N2CCCC2C(=O)N(C)C)c1. The Labute approximate surface area is 113 Å². The molecule has 0 aliphatic carbocycles. The first-order chi connectivity index (χ1) is 9.02. The number of anilines is 2. The Kier molecular flexibility index (Phi) is 3.83. The molecule has 0 saturated carbocycles. The quantitative estimate of drug-likeness (QED) is 0.836. The van der Waals surface area contributed by atoms with Gasteiger partial charge in [0.2, 0.25) is 5.91 Å². The van der Waals surface area contributed by atoms with Gasteiger partial charge in [-0.25, -0.2) is 0 Å². The number of hydrogen-bond acceptors (Lipinski definition) is 4. The van der Waals surface area contributed by atoms with Gasteiger partial charge in [0.25, 0.3) is 0 Å². The predicted octanol–water partition coefficient (Wildman–Crippen LogP) is 1.33. The average Bonchev–Trinajstić information content (AvgIpc) is 2.85. The highest BCUT2D eigenvalue weighted by molar-refractivity contribution is 5.86. The van der Waals surface area contributed by atoms with Crippen molar-refractivity contribution in [2.75, 3.05) is 38.4 Å². The van der Waals surface area contributed by atoms with E-state index in [4.69, 9.17) is 10.5 Å². The van der Waals surface area contributed by atoms with Crippen LogP contribution < -0.4 is 15.4 Å². The zero-order chi connectivity index (χ0) is 14.0. The Bertz CT molecular complexity index is 474. The summed E-state index contributed by atoms with van der Waals surface area (Å²) in [7, 11) is 5.20. The number of methoxy groups -OCH3 is 1. The van der Waals surface area contributed by atoms with Gasteiger partial charge in [-0.1, -0.05) is 0 Å². The average molecular weight is 263 g/mol. The molecule has 1 aliphatic rings. The lowest BCUT2D eigenvalue weighted by Gasteiger charge is -2.28. The maximum atomic E-state index is 12.2. The van der Waals surface area contributed by atoms with Crippen LogP contribution in [0.5, 0.6) is 5.75 Å². The number of benzene rings is 1. The normalized spacial score (nSPS) is 18.5. The Morgan fingerprint density at radius 1 is 1.42 bits per heavy atom. The van der Waals surface area contributed by atoms with E-state index in [9.17, 15) is 4.79 Å². The van der Waals surface area contributed by atoms with E-state index in [0.717, 1.165) is 30.8 Å². The molecular formula is C14H21N3O2. The maximum absolute atomic E-state index is 12.2. The van der Waals surface area contributed by atoms with Gasteiger partial charge in [-0.3, -0.25) is 4.79 Å². The van der Waals surface area contributed by atoms with Crippen LogP contribution in [0.4, 0.5) is 11.4 Å². The molecule has 5 heteroatoms. The van der Waals surface area contributed by atoms with Crippen LogP contribution in [0.25, 0.3) is 0 Å². The molecule has 0 aromatic heterocycles. The lowest BCUT2D eigenvalue weighted by atomic mass is 10.1. The third-order valence-corrected chi connectivity index (χ3v) is 3.46. The van der Waals surface area contributed by atoms with Crippen LogP contribution >= 0.6 is 0 Å². The van der Waals surface area contributed by atoms with Crippen molar-refractivity contribution in [2.24, 2.45) is 0 Å². The van der Waals surface area contributed by atoms with E-state index in [1.165, 1.54) is 0 Å². The van der Waals surface area contributed by atoms with Gasteiger partial charge in [-0.15, -0.1) is 0 Å². The summed E-state index contributed by atoms with van der Waals surface area (Å²) in [6, 6.07) is 5.51. The molecular weight excluding hydrogens is 242 g/mol. The minimum atomic E-state index is -0.0958. The summed E-state index contributed by atoms with van der Waals surface area (Å²) in [5.74, 6) is 0.858. The van der Waals surface area contributed by atoms with Gasteiger partial charge in [0.05, 0.1) is 7.11 Å². The summed E-state index contributed by atoms with van der Waals surface area (Å²) in [5.41, 5.74) is 7.49. The Morgan fingerprint density at radius 2 is 2.16 bits per heavy atom. The van der Waals surface area contributed by atoms with E-state index < -0.39 is 0 Å². The number of carbonyl (C=O) groups excluding carboxylic acids is 1. The second-order valence-electron chi connectivity index (χ2n) is 5.05. The van der Waals surface area contributed by atoms with Gasteiger partial charge in [-0.2, -0.15) is 0 Å². The van der Waals surface area contributed by atoms with Crippen LogP contribution in [0, 0.1) is 0 Å². The zero-order valence-corrected chi connectivity index (χ0v) is 11.7. The summed E-state index contributed by atoms with van der Waals surface area (Å²) in [6.45, 7) is 0.872. The number of hydrogen-bond donors (Lipinski definition) is 1. The third-order valence-electron chi connectivity index (χ3n) is 3.46. The third kappa shape index (κ3) is 2.75. The highest BCUT2D eigenvalue weighted by Gasteiger charge is 2.32. The standard InChI is InChI=1S/C14H21N3O2/c1-16(2)14(18)13-5-4-6-17(13)11-7-10(15)8-12(9-11)19-3/h7-9,13H,4-6,15H2,1-3H3. The summed E-state index contributed by atoms with van der Waals surface area (Å²) < 4.78 is 5.24. The summed E-state index contributed by atoms with van der Waals surface area (Å²) >= 11 is 0. The molecule has 0 radical (unpaired) electrons. The van der Waals surface area contributed by atoms with Crippen LogP contribution in [-0.4, -0.2) is 44.6 Å². The van der Waals surface area contributed by atoms with E-state index >= 15 is 0 Å². The highest BCUT2D eigenvalue weighted by atomic mass is 16.5. The molecule has 1 aromatic carbocycles. The number of likely N-dealkylation sites (N-methyl/N-ethyl adjacent to an activating group) is 1. The van der Waals surface area contributed by atoms with Crippen molar-refractivity contribution in [3.05, 3.63) is 18.2 Å². The molecule has 1 aromatic rings. The monoisotopic (exact) mass is 263 g/mol. The van der Waals surface area contributed by atoms with Crippen LogP contribution in [-0.2, 0) is 4.79 Å².